The van der Waals surface area contributed by atoms with Crippen molar-refractivity contribution in [3.05, 3.63) is 59.1 Å². The van der Waals surface area contributed by atoms with Gasteiger partial charge in [-0.05, 0) is 48.6 Å². The van der Waals surface area contributed by atoms with E-state index in [1.165, 1.54) is 0 Å². The van der Waals surface area contributed by atoms with Crippen molar-refractivity contribution in [3.8, 4) is 11.5 Å². The van der Waals surface area contributed by atoms with Gasteiger partial charge in [-0.1, -0.05) is 23.7 Å². The van der Waals surface area contributed by atoms with Crippen molar-refractivity contribution in [3.63, 3.8) is 0 Å². The van der Waals surface area contributed by atoms with Gasteiger partial charge >= 0.3 is 0 Å². The number of thiocarbonyl (C=S) groups is 1. The normalized spacial score (nSPS) is 10.0. The lowest BCUT2D eigenvalue weighted by Gasteiger charge is -2.12. The van der Waals surface area contributed by atoms with Crippen LogP contribution in [0.25, 0.3) is 0 Å². The number of halogens is 1. The summed E-state index contributed by atoms with van der Waals surface area (Å²) in [6, 6.07) is 13.3. The fourth-order valence-corrected chi connectivity index (χ4v) is 2.35. The predicted octanol–water partition coefficient (Wildman–Crippen LogP) is 2.08. The largest absolute Gasteiger partial charge is 0.491 e. The molecule has 0 atom stereocenters. The first-order valence-corrected chi connectivity index (χ1v) is 9.27. The van der Waals surface area contributed by atoms with E-state index in [1.54, 1.807) is 55.6 Å². The Morgan fingerprint density at radius 2 is 1.72 bits per heavy atom. The average Bonchev–Trinajstić information content (AvgIpc) is 2.72. The molecule has 29 heavy (non-hydrogen) atoms. The molecule has 2 rings (SSSR count). The van der Waals surface area contributed by atoms with Crippen LogP contribution in [0.3, 0.4) is 0 Å². The summed E-state index contributed by atoms with van der Waals surface area (Å²) in [4.78, 5) is 24.0. The van der Waals surface area contributed by atoms with Crippen molar-refractivity contribution in [1.82, 2.24) is 16.2 Å². The summed E-state index contributed by atoms with van der Waals surface area (Å²) in [5.41, 5.74) is 5.13. The number of hydrogen-bond donors (Lipinski definition) is 3. The molecule has 0 aliphatic carbocycles. The van der Waals surface area contributed by atoms with Crippen LogP contribution in [0.4, 0.5) is 0 Å². The van der Waals surface area contributed by atoms with Gasteiger partial charge in [0, 0.05) is 12.7 Å². The second kappa shape index (κ2) is 11.8. The fourth-order valence-electron chi connectivity index (χ4n) is 2.02. The maximum Gasteiger partial charge on any atom is 0.276 e. The lowest BCUT2D eigenvalue weighted by Crippen LogP contribution is -2.49. The summed E-state index contributed by atoms with van der Waals surface area (Å²) in [7, 11) is 1.59. The highest BCUT2D eigenvalue weighted by atomic mass is 35.5. The van der Waals surface area contributed by atoms with E-state index in [2.05, 4.69) is 16.2 Å². The number of benzene rings is 2. The maximum atomic E-state index is 12.2. The molecule has 0 bridgehead atoms. The summed E-state index contributed by atoms with van der Waals surface area (Å²) < 4.78 is 15.6. The molecule has 2 aromatic rings. The zero-order chi connectivity index (χ0) is 21.1. The Hall–Kier alpha value is -2.88. The van der Waals surface area contributed by atoms with Crippen LogP contribution in [0.15, 0.2) is 48.5 Å². The van der Waals surface area contributed by atoms with Gasteiger partial charge in [0.1, 0.15) is 18.1 Å². The molecule has 0 aliphatic rings. The van der Waals surface area contributed by atoms with Gasteiger partial charge < -0.3 is 14.2 Å². The topological polar surface area (TPSA) is 97.9 Å². The fraction of sp³-hybridized carbons (Fsp3) is 0.211. The molecule has 154 valence electrons. The Balaban J connectivity index is 1.72. The first-order valence-electron chi connectivity index (χ1n) is 8.49. The van der Waals surface area contributed by atoms with E-state index in [0.29, 0.717) is 35.3 Å². The number of rotatable bonds is 8. The standard InChI is InChI=1S/C19H20ClN3O5S/c1-26-10-11-27-14-8-6-13(7-9-14)18(25)21-19(29)23-22-17(24)12-28-16-5-3-2-4-15(16)20/h2-9H,10-12H2,1H3,(H,22,24)(H2,21,23,25,29). The Labute approximate surface area is 178 Å². The second-order valence-electron chi connectivity index (χ2n) is 5.54. The minimum absolute atomic E-state index is 0.0680. The molecule has 0 aromatic heterocycles. The van der Waals surface area contributed by atoms with Crippen LogP contribution >= 0.6 is 23.8 Å². The summed E-state index contributed by atoms with van der Waals surface area (Å²) in [5, 5.41) is 2.78. The van der Waals surface area contributed by atoms with Gasteiger partial charge in [0.05, 0.1) is 11.6 Å². The number of ether oxygens (including phenoxy) is 3. The van der Waals surface area contributed by atoms with Gasteiger partial charge in [-0.3, -0.25) is 25.8 Å². The van der Waals surface area contributed by atoms with E-state index in [-0.39, 0.29) is 11.7 Å². The lowest BCUT2D eigenvalue weighted by molar-refractivity contribution is -0.123. The van der Waals surface area contributed by atoms with Crippen LogP contribution in [-0.2, 0) is 9.53 Å². The molecule has 8 nitrogen and oxygen atoms in total. The number of amides is 2. The monoisotopic (exact) mass is 437 g/mol. The van der Waals surface area contributed by atoms with Crippen LogP contribution in [0.1, 0.15) is 10.4 Å². The van der Waals surface area contributed by atoms with Gasteiger partial charge in [-0.2, -0.15) is 0 Å². The third kappa shape index (κ3) is 7.94. The van der Waals surface area contributed by atoms with Gasteiger partial charge in [0.15, 0.2) is 11.7 Å². The summed E-state index contributed by atoms with van der Waals surface area (Å²) >= 11 is 10.9. The first-order chi connectivity index (χ1) is 14.0. The molecule has 10 heteroatoms. The SMILES string of the molecule is COCCOc1ccc(C(=O)NC(=S)NNC(=O)COc2ccccc2Cl)cc1. The molecule has 0 aliphatic heterocycles. The Morgan fingerprint density at radius 3 is 2.41 bits per heavy atom. The quantitative estimate of drug-likeness (QED) is 0.330. The van der Waals surface area contributed by atoms with Crippen molar-refractivity contribution in [1.29, 1.82) is 0 Å². The third-order valence-corrected chi connectivity index (χ3v) is 3.93. The molecule has 0 fully saturated rings. The van der Waals surface area contributed by atoms with Crippen LogP contribution in [-0.4, -0.2) is 43.9 Å². The van der Waals surface area contributed by atoms with Crippen molar-refractivity contribution in [2.24, 2.45) is 0 Å². The third-order valence-electron chi connectivity index (χ3n) is 3.41. The number of hydrazine groups is 1. The van der Waals surface area contributed by atoms with Crippen molar-refractivity contribution >= 4 is 40.7 Å². The first kappa shape index (κ1) is 22.4. The van der Waals surface area contributed by atoms with E-state index in [9.17, 15) is 9.59 Å². The molecule has 0 saturated heterocycles. The Bertz CT molecular complexity index is 848. The zero-order valence-corrected chi connectivity index (χ0v) is 17.1. The highest BCUT2D eigenvalue weighted by Gasteiger charge is 2.10. The molecule has 0 radical (unpaired) electrons. The highest BCUT2D eigenvalue weighted by Crippen LogP contribution is 2.22. The van der Waals surface area contributed by atoms with Gasteiger partial charge in [0.2, 0.25) is 0 Å². The number of carbonyl (C=O) groups excluding carboxylic acids is 2. The average molecular weight is 438 g/mol. The lowest BCUT2D eigenvalue weighted by atomic mass is 10.2. The maximum absolute atomic E-state index is 12.2. The minimum Gasteiger partial charge on any atom is -0.491 e. The van der Waals surface area contributed by atoms with E-state index in [1.807, 2.05) is 0 Å². The summed E-state index contributed by atoms with van der Waals surface area (Å²) in [5.74, 6) is 0.0616. The van der Waals surface area contributed by atoms with E-state index in [0.717, 1.165) is 0 Å². The number of hydrogen-bond acceptors (Lipinski definition) is 6. The number of nitrogens with one attached hydrogen (secondary N) is 3. The number of carbonyl (C=O) groups is 2. The van der Waals surface area contributed by atoms with E-state index >= 15 is 0 Å². The van der Waals surface area contributed by atoms with Gasteiger partial charge in [-0.15, -0.1) is 0 Å². The molecule has 0 spiro atoms. The smallest absolute Gasteiger partial charge is 0.276 e. The zero-order valence-electron chi connectivity index (χ0n) is 15.6. The van der Waals surface area contributed by atoms with Crippen LogP contribution in [0.2, 0.25) is 5.02 Å². The molecule has 2 aromatic carbocycles. The Morgan fingerprint density at radius 1 is 1.00 bits per heavy atom. The van der Waals surface area contributed by atoms with Gasteiger partial charge in [-0.25, -0.2) is 0 Å². The molecule has 0 saturated carbocycles. The van der Waals surface area contributed by atoms with Gasteiger partial charge in [0.25, 0.3) is 11.8 Å². The number of para-hydroxylation sites is 1. The van der Waals surface area contributed by atoms with E-state index in [4.69, 9.17) is 38.0 Å². The van der Waals surface area contributed by atoms with Crippen molar-refractivity contribution in [2.45, 2.75) is 0 Å². The second-order valence-corrected chi connectivity index (χ2v) is 6.36. The molecular weight excluding hydrogens is 418 g/mol. The van der Waals surface area contributed by atoms with Crippen LogP contribution in [0, 0.1) is 0 Å². The molecule has 0 heterocycles. The Kier molecular flexibility index (Phi) is 9.16. The molecule has 0 unspecified atom stereocenters. The van der Waals surface area contributed by atoms with E-state index < -0.39 is 11.8 Å². The predicted molar refractivity (Wildman–Crippen MR) is 112 cm³/mol. The van der Waals surface area contributed by atoms with Crippen LogP contribution < -0.4 is 25.6 Å². The highest BCUT2D eigenvalue weighted by molar-refractivity contribution is 7.80. The van der Waals surface area contributed by atoms with Crippen LogP contribution in [0.5, 0.6) is 11.5 Å². The molecule has 3 N–H and O–H groups in total. The molecule has 2 amide bonds. The summed E-state index contributed by atoms with van der Waals surface area (Å²) in [6.07, 6.45) is 0. The molecular formula is C19H20ClN3O5S. The summed E-state index contributed by atoms with van der Waals surface area (Å²) in [6.45, 7) is 0.602. The minimum atomic E-state index is -0.501. The van der Waals surface area contributed by atoms with Crippen molar-refractivity contribution in [2.75, 3.05) is 26.9 Å². The van der Waals surface area contributed by atoms with Crippen molar-refractivity contribution < 1.29 is 23.8 Å². The number of methoxy groups -OCH3 is 1.